The van der Waals surface area contributed by atoms with E-state index >= 15 is 0 Å². The third-order valence-electron chi connectivity index (χ3n) is 2.98. The first kappa shape index (κ1) is 16.7. The van der Waals surface area contributed by atoms with Gasteiger partial charge < -0.3 is 4.74 Å². The standard InChI is InChI=1S/C12H12F6O2/c1-8(19)20-10(11(13,14)15,12(16,17)18)5-3-4-9(2)6-7-9/h4,6-7H2,1-2H3. The van der Waals surface area contributed by atoms with E-state index in [4.69, 9.17) is 0 Å². The van der Waals surface area contributed by atoms with Gasteiger partial charge in [0.2, 0.25) is 0 Å². The Labute approximate surface area is 111 Å². The zero-order valence-corrected chi connectivity index (χ0v) is 10.7. The van der Waals surface area contributed by atoms with Gasteiger partial charge in [-0.2, -0.15) is 26.3 Å². The first-order valence-corrected chi connectivity index (χ1v) is 5.66. The van der Waals surface area contributed by atoms with Gasteiger partial charge in [0.1, 0.15) is 0 Å². The summed E-state index contributed by atoms with van der Waals surface area (Å²) >= 11 is 0. The fraction of sp³-hybridized carbons (Fsp3) is 0.750. The summed E-state index contributed by atoms with van der Waals surface area (Å²) in [5.41, 5.74) is -5.11. The van der Waals surface area contributed by atoms with Crippen molar-refractivity contribution in [3.8, 4) is 11.8 Å². The molecule has 0 spiro atoms. The van der Waals surface area contributed by atoms with E-state index in [0.717, 1.165) is 5.92 Å². The number of hydrogen-bond acceptors (Lipinski definition) is 2. The minimum absolute atomic E-state index is 0.109. The molecule has 0 aromatic carbocycles. The van der Waals surface area contributed by atoms with E-state index in [1.54, 1.807) is 6.92 Å². The largest absolute Gasteiger partial charge is 0.450 e. The van der Waals surface area contributed by atoms with Crippen LogP contribution in [-0.4, -0.2) is 23.9 Å². The van der Waals surface area contributed by atoms with Crippen molar-refractivity contribution < 1.29 is 35.9 Å². The Hall–Kier alpha value is -1.39. The summed E-state index contributed by atoms with van der Waals surface area (Å²) in [6.07, 6.45) is -10.5. The lowest BCUT2D eigenvalue weighted by molar-refractivity contribution is -0.345. The van der Waals surface area contributed by atoms with Crippen LogP contribution in [0.15, 0.2) is 0 Å². The van der Waals surface area contributed by atoms with Gasteiger partial charge in [0, 0.05) is 13.3 Å². The van der Waals surface area contributed by atoms with Crippen molar-refractivity contribution in [1.29, 1.82) is 0 Å². The highest BCUT2D eigenvalue weighted by Gasteiger charge is 2.74. The molecule has 1 saturated carbocycles. The van der Waals surface area contributed by atoms with Crippen LogP contribution in [0.3, 0.4) is 0 Å². The molecule has 1 fully saturated rings. The number of carbonyl (C=O) groups excluding carboxylic acids is 1. The Morgan fingerprint density at radius 2 is 1.60 bits per heavy atom. The summed E-state index contributed by atoms with van der Waals surface area (Å²) in [4.78, 5) is 10.6. The van der Waals surface area contributed by atoms with Gasteiger partial charge in [-0.25, -0.2) is 0 Å². The van der Waals surface area contributed by atoms with Gasteiger partial charge in [0.05, 0.1) is 0 Å². The molecule has 1 aliphatic rings. The van der Waals surface area contributed by atoms with Crippen molar-refractivity contribution in [2.45, 2.75) is 51.1 Å². The van der Waals surface area contributed by atoms with Gasteiger partial charge in [-0.15, -0.1) is 0 Å². The highest BCUT2D eigenvalue weighted by atomic mass is 19.4. The van der Waals surface area contributed by atoms with E-state index in [9.17, 15) is 31.1 Å². The van der Waals surface area contributed by atoms with Crippen molar-refractivity contribution in [2.24, 2.45) is 5.41 Å². The number of halogens is 6. The van der Waals surface area contributed by atoms with Gasteiger partial charge in [-0.05, 0) is 24.2 Å². The zero-order chi connectivity index (χ0) is 15.8. The van der Waals surface area contributed by atoms with Crippen molar-refractivity contribution >= 4 is 5.97 Å². The number of ether oxygens (including phenoxy) is 1. The molecule has 0 unspecified atom stereocenters. The van der Waals surface area contributed by atoms with E-state index in [-0.39, 0.29) is 11.8 Å². The predicted octanol–water partition coefficient (Wildman–Crippen LogP) is 3.61. The average molecular weight is 302 g/mol. The molecule has 0 N–H and O–H groups in total. The molecule has 0 saturated heterocycles. The Kier molecular flexibility index (Phi) is 4.05. The maximum atomic E-state index is 12.8. The van der Waals surface area contributed by atoms with E-state index in [1.807, 2.05) is 5.92 Å². The van der Waals surface area contributed by atoms with Gasteiger partial charge in [-0.3, -0.25) is 4.79 Å². The minimum atomic E-state index is -5.87. The van der Waals surface area contributed by atoms with Crippen LogP contribution in [0, 0.1) is 17.3 Å². The Morgan fingerprint density at radius 3 is 1.90 bits per heavy atom. The van der Waals surface area contributed by atoms with Gasteiger partial charge in [0.25, 0.3) is 0 Å². The molecule has 20 heavy (non-hydrogen) atoms. The molecule has 0 aromatic heterocycles. The zero-order valence-electron chi connectivity index (χ0n) is 10.7. The molecule has 1 rings (SSSR count). The van der Waals surface area contributed by atoms with Crippen molar-refractivity contribution in [3.63, 3.8) is 0 Å². The van der Waals surface area contributed by atoms with Crippen molar-refractivity contribution in [1.82, 2.24) is 0 Å². The van der Waals surface area contributed by atoms with Gasteiger partial charge >= 0.3 is 23.9 Å². The maximum absolute atomic E-state index is 12.8. The second-order valence-corrected chi connectivity index (χ2v) is 5.06. The molecular formula is C12H12F6O2. The van der Waals surface area contributed by atoms with Crippen LogP contribution in [0.2, 0.25) is 0 Å². The number of carbonyl (C=O) groups is 1. The van der Waals surface area contributed by atoms with Crippen LogP contribution >= 0.6 is 0 Å². The normalized spacial score (nSPS) is 18.0. The summed E-state index contributed by atoms with van der Waals surface area (Å²) in [6, 6.07) is 0. The maximum Gasteiger partial charge on any atom is 0.450 e. The first-order valence-electron chi connectivity index (χ1n) is 5.66. The van der Waals surface area contributed by atoms with E-state index < -0.39 is 23.9 Å². The summed E-state index contributed by atoms with van der Waals surface area (Å²) < 4.78 is 80.1. The molecule has 0 atom stereocenters. The molecular weight excluding hydrogens is 290 g/mol. The summed E-state index contributed by atoms with van der Waals surface area (Å²) in [5.74, 6) is 1.28. The quantitative estimate of drug-likeness (QED) is 0.442. The second kappa shape index (κ2) is 4.86. The monoisotopic (exact) mass is 302 g/mol. The van der Waals surface area contributed by atoms with Crippen molar-refractivity contribution in [3.05, 3.63) is 0 Å². The summed E-state index contributed by atoms with van der Waals surface area (Å²) in [7, 11) is 0. The summed E-state index contributed by atoms with van der Waals surface area (Å²) in [5, 5.41) is 0. The molecule has 114 valence electrons. The fourth-order valence-corrected chi connectivity index (χ4v) is 1.43. The molecule has 0 heterocycles. The van der Waals surface area contributed by atoms with Crippen LogP contribution < -0.4 is 0 Å². The molecule has 1 aliphatic carbocycles. The first-order chi connectivity index (χ1) is 8.83. The van der Waals surface area contributed by atoms with E-state index in [2.05, 4.69) is 4.74 Å². The molecule has 0 bridgehead atoms. The smallest absolute Gasteiger partial charge is 0.427 e. The number of alkyl halides is 6. The molecule has 8 heteroatoms. The minimum Gasteiger partial charge on any atom is -0.427 e. The summed E-state index contributed by atoms with van der Waals surface area (Å²) in [6.45, 7) is 2.17. The highest BCUT2D eigenvalue weighted by Crippen LogP contribution is 2.49. The van der Waals surface area contributed by atoms with Crippen LogP contribution in [0.1, 0.15) is 33.1 Å². The van der Waals surface area contributed by atoms with Crippen LogP contribution in [-0.2, 0) is 9.53 Å². The highest BCUT2D eigenvalue weighted by molar-refractivity contribution is 5.67. The SMILES string of the molecule is CC(=O)OC(C#CCC1(C)CC1)(C(F)(F)F)C(F)(F)F. The lowest BCUT2D eigenvalue weighted by atomic mass is 10.0. The molecule has 0 amide bonds. The van der Waals surface area contributed by atoms with Crippen LogP contribution in [0.25, 0.3) is 0 Å². The Balaban J connectivity index is 3.18. The lowest BCUT2D eigenvalue weighted by Gasteiger charge is -2.31. The Bertz CT molecular complexity index is 433. The Morgan fingerprint density at radius 1 is 1.15 bits per heavy atom. The number of hydrogen-bond donors (Lipinski definition) is 0. The third-order valence-corrected chi connectivity index (χ3v) is 2.98. The van der Waals surface area contributed by atoms with Gasteiger partial charge in [0.15, 0.2) is 0 Å². The van der Waals surface area contributed by atoms with Crippen LogP contribution in [0.4, 0.5) is 26.3 Å². The third kappa shape index (κ3) is 3.38. The van der Waals surface area contributed by atoms with Crippen LogP contribution in [0.5, 0.6) is 0 Å². The second-order valence-electron chi connectivity index (χ2n) is 5.06. The molecule has 0 aromatic rings. The topological polar surface area (TPSA) is 26.3 Å². The van der Waals surface area contributed by atoms with E-state index in [1.165, 1.54) is 0 Å². The van der Waals surface area contributed by atoms with E-state index in [0.29, 0.717) is 19.8 Å². The average Bonchev–Trinajstić information content (AvgIpc) is 2.91. The predicted molar refractivity (Wildman–Crippen MR) is 56.3 cm³/mol. The number of rotatable bonds is 2. The lowest BCUT2D eigenvalue weighted by Crippen LogP contribution is -2.58. The number of esters is 1. The molecule has 2 nitrogen and oxygen atoms in total. The van der Waals surface area contributed by atoms with Crippen molar-refractivity contribution in [2.75, 3.05) is 0 Å². The molecule has 0 radical (unpaired) electrons. The fourth-order valence-electron chi connectivity index (χ4n) is 1.43. The van der Waals surface area contributed by atoms with Gasteiger partial charge in [-0.1, -0.05) is 12.8 Å². The molecule has 0 aliphatic heterocycles.